The maximum Gasteiger partial charge on any atom is 4.00 e. The van der Waals surface area contributed by atoms with Crippen LogP contribution in [0.15, 0.2) is 42.5 Å². The van der Waals surface area contributed by atoms with Crippen LogP contribution in [0.25, 0.3) is 11.1 Å². The Bertz CT molecular complexity index is 1030. The van der Waals surface area contributed by atoms with Crippen molar-refractivity contribution < 1.29 is 58.9 Å². The first-order chi connectivity index (χ1) is 13.5. The molecule has 0 N–H and O–H groups in total. The zero-order valence-corrected chi connectivity index (χ0v) is 24.2. The third kappa shape index (κ3) is 6.12. The second-order valence-corrected chi connectivity index (χ2v) is 9.59. The van der Waals surface area contributed by atoms with Crippen molar-refractivity contribution in [3.8, 4) is 11.1 Å². The summed E-state index contributed by atoms with van der Waals surface area (Å²) in [7, 11) is 0.676. The van der Waals surface area contributed by atoms with Crippen LogP contribution >= 0.6 is 0 Å². The third-order valence-corrected chi connectivity index (χ3v) is 7.86. The van der Waals surface area contributed by atoms with Crippen molar-refractivity contribution in [2.24, 2.45) is 0 Å². The van der Waals surface area contributed by atoms with Crippen LogP contribution in [0.5, 0.6) is 0 Å². The monoisotopic (exact) mass is 534 g/mol. The maximum absolute atomic E-state index is 3.93. The van der Waals surface area contributed by atoms with Gasteiger partial charge in [0.1, 0.15) is 0 Å². The molecule has 0 heterocycles. The maximum atomic E-state index is 3.93. The number of halogens is 3. The van der Waals surface area contributed by atoms with Gasteiger partial charge in [-0.25, -0.2) is 0 Å². The van der Waals surface area contributed by atoms with E-state index in [4.69, 9.17) is 0 Å². The first-order valence-electron chi connectivity index (χ1n) is 10.5. The van der Waals surface area contributed by atoms with E-state index < -0.39 is 0 Å². The summed E-state index contributed by atoms with van der Waals surface area (Å²) < 4.78 is 0. The van der Waals surface area contributed by atoms with Crippen molar-refractivity contribution >= 4 is 19.9 Å². The van der Waals surface area contributed by atoms with E-state index in [0.29, 0.717) is 15.4 Å². The molecule has 166 valence electrons. The summed E-state index contributed by atoms with van der Waals surface area (Å²) in [5.74, 6) is 0.510. The summed E-state index contributed by atoms with van der Waals surface area (Å²) in [6.45, 7) is 11.3. The minimum Gasteiger partial charge on any atom is -1.00 e. The molecule has 5 heteroatoms. The summed E-state index contributed by atoms with van der Waals surface area (Å²) in [4.78, 5) is 0. The molecule has 3 aromatic carbocycles. The van der Waals surface area contributed by atoms with Crippen LogP contribution in [0.2, 0.25) is 0 Å². The number of fused-ring (bicyclic) bond motifs is 3. The van der Waals surface area contributed by atoms with Crippen molar-refractivity contribution in [3.63, 3.8) is 0 Å². The van der Waals surface area contributed by atoms with Crippen LogP contribution in [0.3, 0.4) is 0 Å². The molecule has 0 aromatic heterocycles. The van der Waals surface area contributed by atoms with Crippen molar-refractivity contribution in [2.45, 2.75) is 59.8 Å². The fraction of sp³-hybridized carbons (Fsp3) is 0.333. The molecule has 32 heavy (non-hydrogen) atoms. The first kappa shape index (κ1) is 31.5. The van der Waals surface area contributed by atoms with Gasteiger partial charge in [0.25, 0.3) is 0 Å². The minimum absolute atomic E-state index is 0. The zero-order chi connectivity index (χ0) is 19.8. The molecule has 0 nitrogen and oxygen atoms in total. The number of hydrogen-bond donors (Lipinski definition) is 0. The van der Waals surface area contributed by atoms with E-state index in [1.165, 1.54) is 74.1 Å². The molecular weight excluding hydrogens is 507 g/mol. The van der Waals surface area contributed by atoms with Crippen LogP contribution in [0.1, 0.15) is 65.5 Å². The molecule has 1 aliphatic carbocycles. The van der Waals surface area contributed by atoms with Crippen molar-refractivity contribution in [3.05, 3.63) is 81.9 Å². The summed E-state index contributed by atoms with van der Waals surface area (Å²) in [6.07, 6.45) is 3.75. The third-order valence-electron chi connectivity index (χ3n) is 6.05. The average Bonchev–Trinajstić information content (AvgIpc) is 2.95. The zero-order valence-electron chi connectivity index (χ0n) is 19.4. The molecule has 0 saturated heterocycles. The van der Waals surface area contributed by atoms with Gasteiger partial charge in [-0.15, -0.1) is 11.1 Å². The molecule has 0 aliphatic heterocycles. The van der Waals surface area contributed by atoms with E-state index >= 15 is 0 Å². The molecule has 1 unspecified atom stereocenters. The number of unbranched alkanes of at least 4 members (excludes halogenated alkanes) is 1. The van der Waals surface area contributed by atoms with E-state index in [2.05, 4.69) is 83.1 Å². The predicted molar refractivity (Wildman–Crippen MR) is 122 cm³/mol. The van der Waals surface area contributed by atoms with Gasteiger partial charge in [-0.05, 0) is 38.7 Å². The Morgan fingerprint density at radius 3 is 2.09 bits per heavy atom. The Morgan fingerprint density at radius 2 is 1.47 bits per heavy atom. The van der Waals surface area contributed by atoms with Crippen molar-refractivity contribution in [1.29, 1.82) is 0 Å². The molecule has 1 atom stereocenters. The van der Waals surface area contributed by atoms with Gasteiger partial charge in [-0.3, -0.25) is 0 Å². The molecular formula is C27H29Cl3SiTi. The van der Waals surface area contributed by atoms with Gasteiger partial charge in [0, 0.05) is 0 Å². The number of aryl methyl sites for hydroxylation is 4. The smallest absolute Gasteiger partial charge is 1.00 e. The average molecular weight is 536 g/mol. The summed E-state index contributed by atoms with van der Waals surface area (Å²) in [5.41, 5.74) is 11.3. The minimum atomic E-state index is 0. The Balaban J connectivity index is 0.00000240. The van der Waals surface area contributed by atoms with Gasteiger partial charge < -0.3 is 37.2 Å². The van der Waals surface area contributed by atoms with Gasteiger partial charge in [0.05, 0.1) is 9.52 Å². The molecule has 4 rings (SSSR count). The fourth-order valence-electron chi connectivity index (χ4n) is 4.71. The largest absolute Gasteiger partial charge is 4.00 e. The van der Waals surface area contributed by atoms with E-state index in [1.807, 2.05) is 0 Å². The van der Waals surface area contributed by atoms with Crippen LogP contribution in [0, 0.1) is 33.8 Å². The van der Waals surface area contributed by atoms with Gasteiger partial charge >= 0.3 is 21.7 Å². The Labute approximate surface area is 230 Å². The van der Waals surface area contributed by atoms with Crippen molar-refractivity contribution in [1.82, 2.24) is 0 Å². The molecule has 0 saturated carbocycles. The fourth-order valence-corrected chi connectivity index (χ4v) is 5.96. The summed E-state index contributed by atoms with van der Waals surface area (Å²) in [5, 5.41) is 2.88. The Kier molecular flexibility index (Phi) is 13.1. The van der Waals surface area contributed by atoms with Crippen LogP contribution in [-0.2, 0) is 21.7 Å². The van der Waals surface area contributed by atoms with Gasteiger partial charge in [0.2, 0.25) is 0 Å². The molecule has 0 bridgehead atoms. The Hall–Kier alpha value is -0.539. The first-order valence-corrected chi connectivity index (χ1v) is 11.5. The van der Waals surface area contributed by atoms with E-state index in [-0.39, 0.29) is 58.9 Å². The van der Waals surface area contributed by atoms with E-state index in [1.54, 1.807) is 0 Å². The van der Waals surface area contributed by atoms with E-state index in [0.717, 1.165) is 0 Å². The summed E-state index contributed by atoms with van der Waals surface area (Å²) >= 11 is 0. The molecule has 0 spiro atoms. The van der Waals surface area contributed by atoms with Gasteiger partial charge in [-0.2, -0.15) is 22.9 Å². The van der Waals surface area contributed by atoms with Gasteiger partial charge in [0.15, 0.2) is 0 Å². The standard InChI is InChI=1S/C27H29Si.3ClH.Ti/c1-6-7-10-22-21-11-8-9-12-23(21)24-15-18(3)26(16-25(22)24)28-27-19(4)13-17(2)14-20(27)5;;;;/h8-9,11-15,22H,6-7,10H2,1-5H3;3*1H;/q-1;;;;+4/p-3. The van der Waals surface area contributed by atoms with Gasteiger partial charge in [-0.1, -0.05) is 90.5 Å². The Morgan fingerprint density at radius 1 is 0.844 bits per heavy atom. The van der Waals surface area contributed by atoms with Crippen LogP contribution in [-0.4, -0.2) is 9.52 Å². The SMILES string of the molecule is CCCCC1c2[c-]c([Si]c3c(C)cc(C)cc3C)c(C)cc2-c2ccccc21.[Cl-].[Cl-].[Cl-].[Ti+4]. The quantitative estimate of drug-likeness (QED) is 0.237. The molecule has 0 amide bonds. The summed E-state index contributed by atoms with van der Waals surface area (Å²) in [6, 6.07) is 20.0. The molecule has 0 fully saturated rings. The van der Waals surface area contributed by atoms with Crippen LogP contribution in [0.4, 0.5) is 0 Å². The van der Waals surface area contributed by atoms with Crippen molar-refractivity contribution in [2.75, 3.05) is 0 Å². The number of benzene rings is 3. The molecule has 1 aliphatic rings. The second-order valence-electron chi connectivity index (χ2n) is 8.34. The topological polar surface area (TPSA) is 0 Å². The normalized spacial score (nSPS) is 13.0. The molecule has 2 radical (unpaired) electrons. The second kappa shape index (κ2) is 13.4. The number of hydrogen-bond acceptors (Lipinski definition) is 0. The van der Waals surface area contributed by atoms with E-state index in [9.17, 15) is 0 Å². The number of rotatable bonds is 5. The molecule has 3 aromatic rings. The predicted octanol–water partition coefficient (Wildman–Crippen LogP) is -3.31. The van der Waals surface area contributed by atoms with Crippen LogP contribution < -0.4 is 47.6 Å².